The van der Waals surface area contributed by atoms with Gasteiger partial charge in [-0.2, -0.15) is 0 Å². The monoisotopic (exact) mass is 378 g/mol. The second-order valence-corrected chi connectivity index (χ2v) is 20.8. The van der Waals surface area contributed by atoms with Gasteiger partial charge in [0.25, 0.3) is 0 Å². The van der Waals surface area contributed by atoms with Gasteiger partial charge in [0.2, 0.25) is 0 Å². The van der Waals surface area contributed by atoms with Crippen LogP contribution < -0.4 is 0 Å². The van der Waals surface area contributed by atoms with Crippen molar-refractivity contribution in [2.24, 2.45) is 5.92 Å². The summed E-state index contributed by atoms with van der Waals surface area (Å²) in [6, 6.07) is -0.388. The van der Waals surface area contributed by atoms with Gasteiger partial charge in [-0.05, 0) is 24.8 Å². The van der Waals surface area contributed by atoms with E-state index in [4.69, 9.17) is 33.3 Å². The standard InChI is InChI=1S/C14H28BO3PS2Si/c1-10-11(18-22(6,7)13(2,3)4)12(15)17-14(10)8-16-19(5,20)21-9-14/h10-12H,8-9H2,1-7H3/t10-,11?,12-,14+,19?/m1/s1. The van der Waals surface area contributed by atoms with E-state index in [1.54, 1.807) is 11.4 Å². The Kier molecular flexibility index (Phi) is 5.45. The molecule has 22 heavy (non-hydrogen) atoms. The highest BCUT2D eigenvalue weighted by Gasteiger charge is 2.56. The molecule has 0 aromatic rings. The summed E-state index contributed by atoms with van der Waals surface area (Å²) in [6.07, 6.45) is -0.0714. The van der Waals surface area contributed by atoms with E-state index >= 15 is 0 Å². The molecule has 2 saturated heterocycles. The summed E-state index contributed by atoms with van der Waals surface area (Å²) >= 11 is 7.22. The highest BCUT2D eigenvalue weighted by Crippen LogP contribution is 2.63. The van der Waals surface area contributed by atoms with Gasteiger partial charge in [-0.25, -0.2) is 0 Å². The molecule has 2 fully saturated rings. The summed E-state index contributed by atoms with van der Waals surface area (Å²) in [6.45, 7) is 16.0. The largest absolute Gasteiger partial charge is 0.412 e. The fourth-order valence-corrected chi connectivity index (χ4v) is 7.72. The summed E-state index contributed by atoms with van der Waals surface area (Å²) in [5, 5.41) is 0.157. The highest BCUT2D eigenvalue weighted by molar-refractivity contribution is 8.69. The predicted molar refractivity (Wildman–Crippen MR) is 103 cm³/mol. The Balaban J connectivity index is 2.15. The average molecular weight is 378 g/mol. The maximum Gasteiger partial charge on any atom is 0.192 e. The van der Waals surface area contributed by atoms with Crippen molar-refractivity contribution in [3.8, 4) is 0 Å². The summed E-state index contributed by atoms with van der Waals surface area (Å²) in [5.41, 5.74) is -2.05. The molecule has 2 aliphatic rings. The van der Waals surface area contributed by atoms with Crippen LogP contribution in [0.4, 0.5) is 0 Å². The Morgan fingerprint density at radius 2 is 2.00 bits per heavy atom. The Morgan fingerprint density at radius 1 is 1.41 bits per heavy atom. The molecule has 3 nitrogen and oxygen atoms in total. The lowest BCUT2D eigenvalue weighted by molar-refractivity contribution is -0.0429. The van der Waals surface area contributed by atoms with Gasteiger partial charge in [-0.3, -0.25) is 0 Å². The lowest BCUT2D eigenvalue weighted by atomic mass is 9.84. The Hall–Kier alpha value is 1.16. The van der Waals surface area contributed by atoms with Gasteiger partial charge in [-0.1, -0.05) is 50.9 Å². The van der Waals surface area contributed by atoms with E-state index in [0.29, 0.717) is 6.61 Å². The molecule has 5 atom stereocenters. The third-order valence-electron chi connectivity index (χ3n) is 5.34. The van der Waals surface area contributed by atoms with E-state index in [9.17, 15) is 0 Å². The number of hydrogen-bond acceptors (Lipinski definition) is 5. The van der Waals surface area contributed by atoms with Crippen LogP contribution in [-0.4, -0.2) is 52.9 Å². The lowest BCUT2D eigenvalue weighted by Gasteiger charge is -2.42. The molecule has 2 unspecified atom stereocenters. The topological polar surface area (TPSA) is 27.7 Å². The summed E-state index contributed by atoms with van der Waals surface area (Å²) in [5.74, 6) is 1.06. The normalized spacial score (nSPS) is 43.7. The van der Waals surface area contributed by atoms with Crippen molar-refractivity contribution in [2.75, 3.05) is 19.0 Å². The van der Waals surface area contributed by atoms with E-state index in [1.807, 2.05) is 6.66 Å². The van der Waals surface area contributed by atoms with E-state index in [0.717, 1.165) is 5.75 Å². The van der Waals surface area contributed by atoms with Crippen LogP contribution in [0.1, 0.15) is 27.7 Å². The zero-order valence-corrected chi connectivity index (χ0v) is 18.2. The Bertz CT molecular complexity index is 471. The molecule has 0 aromatic heterocycles. The quantitative estimate of drug-likeness (QED) is 0.535. The van der Waals surface area contributed by atoms with E-state index < -0.39 is 13.8 Å². The van der Waals surface area contributed by atoms with Gasteiger partial charge < -0.3 is 13.7 Å². The highest BCUT2D eigenvalue weighted by atomic mass is 32.9. The molecule has 0 N–H and O–H groups in total. The van der Waals surface area contributed by atoms with Crippen molar-refractivity contribution in [3.05, 3.63) is 0 Å². The average Bonchev–Trinajstić information content (AvgIpc) is 2.57. The van der Waals surface area contributed by atoms with E-state index in [2.05, 4.69) is 40.8 Å². The molecule has 0 amide bonds. The minimum atomic E-state index is -1.88. The molecule has 2 heterocycles. The maximum absolute atomic E-state index is 6.57. The van der Waals surface area contributed by atoms with E-state index in [1.165, 1.54) is 0 Å². The van der Waals surface area contributed by atoms with Crippen molar-refractivity contribution >= 4 is 44.8 Å². The first-order valence-electron chi connectivity index (χ1n) is 7.78. The first-order chi connectivity index (χ1) is 9.80. The Morgan fingerprint density at radius 3 is 2.45 bits per heavy atom. The van der Waals surface area contributed by atoms with Crippen LogP contribution in [0.15, 0.2) is 0 Å². The molecular formula is C14H28BO3PS2Si. The van der Waals surface area contributed by atoms with Crippen LogP contribution in [0.5, 0.6) is 0 Å². The summed E-state index contributed by atoms with van der Waals surface area (Å²) < 4.78 is 18.7. The second kappa shape index (κ2) is 6.15. The van der Waals surface area contributed by atoms with Crippen molar-refractivity contribution in [2.45, 2.75) is 63.5 Å². The number of hydrogen-bond donors (Lipinski definition) is 0. The first kappa shape index (κ1) is 19.5. The molecule has 0 saturated carbocycles. The number of ether oxygens (including phenoxy) is 1. The first-order valence-corrected chi connectivity index (χ1v) is 15.4. The SMILES string of the molecule is [B][C@@H]1O[C@]2(COP(C)(=S)SC2)[C@H](C)C1O[Si](C)(C)C(C)(C)C. The molecule has 0 aliphatic carbocycles. The van der Waals surface area contributed by atoms with Gasteiger partial charge in [0, 0.05) is 17.7 Å². The molecule has 126 valence electrons. The van der Waals surface area contributed by atoms with Gasteiger partial charge in [-0.15, -0.1) is 0 Å². The van der Waals surface area contributed by atoms with Crippen LogP contribution in [0.3, 0.4) is 0 Å². The van der Waals surface area contributed by atoms with E-state index in [-0.39, 0.29) is 28.7 Å². The zero-order valence-electron chi connectivity index (χ0n) is 14.7. The molecule has 0 bridgehead atoms. The summed E-state index contributed by atoms with van der Waals surface area (Å²) in [4.78, 5) is 0. The minimum absolute atomic E-state index is 0.0714. The van der Waals surface area contributed by atoms with Gasteiger partial charge in [0.1, 0.15) is 18.9 Å². The fraction of sp³-hybridized carbons (Fsp3) is 1.00. The van der Waals surface area contributed by atoms with Crippen LogP contribution in [0.2, 0.25) is 18.1 Å². The third-order valence-corrected chi connectivity index (χ3v) is 14.9. The van der Waals surface area contributed by atoms with Crippen LogP contribution in [0, 0.1) is 5.92 Å². The number of rotatable bonds is 2. The predicted octanol–water partition coefficient (Wildman–Crippen LogP) is 3.98. The zero-order chi connectivity index (χ0) is 17.0. The molecule has 1 spiro atoms. The van der Waals surface area contributed by atoms with Crippen molar-refractivity contribution in [3.63, 3.8) is 0 Å². The second-order valence-electron chi connectivity index (χ2n) is 8.10. The third kappa shape index (κ3) is 3.71. The lowest BCUT2D eigenvalue weighted by Crippen LogP contribution is -2.50. The maximum atomic E-state index is 6.57. The van der Waals surface area contributed by atoms with Crippen molar-refractivity contribution < 1.29 is 13.7 Å². The molecule has 2 aliphatic heterocycles. The van der Waals surface area contributed by atoms with Gasteiger partial charge in [0.15, 0.2) is 8.32 Å². The van der Waals surface area contributed by atoms with Crippen molar-refractivity contribution in [1.29, 1.82) is 0 Å². The fourth-order valence-electron chi connectivity index (χ4n) is 2.58. The molecule has 2 rings (SSSR count). The molecule has 0 aromatic carbocycles. The van der Waals surface area contributed by atoms with Crippen molar-refractivity contribution in [1.82, 2.24) is 0 Å². The Labute approximate surface area is 147 Å². The molecule has 8 heteroatoms. The van der Waals surface area contributed by atoms with Crippen LogP contribution in [0.25, 0.3) is 0 Å². The van der Waals surface area contributed by atoms with Crippen LogP contribution in [-0.2, 0) is 25.5 Å². The minimum Gasteiger partial charge on any atom is -0.412 e. The summed E-state index contributed by atoms with van der Waals surface area (Å²) in [7, 11) is 4.40. The van der Waals surface area contributed by atoms with Gasteiger partial charge in [0.05, 0.1) is 12.7 Å². The molecular weight excluding hydrogens is 350 g/mol. The van der Waals surface area contributed by atoms with Crippen LogP contribution >= 0.6 is 16.8 Å². The smallest absolute Gasteiger partial charge is 0.192 e. The molecule has 2 radical (unpaired) electrons. The van der Waals surface area contributed by atoms with Gasteiger partial charge >= 0.3 is 0 Å².